The van der Waals surface area contributed by atoms with Gasteiger partial charge in [0.2, 0.25) is 14.9 Å². The lowest BCUT2D eigenvalue weighted by atomic mass is 10.2. The maximum atomic E-state index is 12.7. The first kappa shape index (κ1) is 20.2. The molecule has 158 valence electrons. The number of benzene rings is 3. The van der Waals surface area contributed by atoms with Gasteiger partial charge in [0.1, 0.15) is 5.01 Å². The molecule has 0 aliphatic heterocycles. The van der Waals surface area contributed by atoms with Crippen molar-refractivity contribution >= 4 is 43.0 Å². The third kappa shape index (κ3) is 3.81. The Hall–Kier alpha value is -3.75. The number of anilines is 1. The number of aromatic nitrogens is 1. The second-order valence-electron chi connectivity index (χ2n) is 6.96. The van der Waals surface area contributed by atoms with Gasteiger partial charge in [0.05, 0.1) is 15.1 Å². The van der Waals surface area contributed by atoms with Crippen LogP contribution in [0.15, 0.2) is 105 Å². The van der Waals surface area contributed by atoms with Gasteiger partial charge in [0.25, 0.3) is 5.91 Å². The van der Waals surface area contributed by atoms with Gasteiger partial charge in [-0.3, -0.25) is 4.79 Å². The molecule has 8 heteroatoms. The molecule has 0 radical (unpaired) electrons. The van der Waals surface area contributed by atoms with Crippen LogP contribution in [0.3, 0.4) is 0 Å². The minimum atomic E-state index is -3.83. The van der Waals surface area contributed by atoms with Crippen LogP contribution >= 0.6 is 11.3 Å². The maximum Gasteiger partial charge on any atom is 0.291 e. The van der Waals surface area contributed by atoms with Crippen LogP contribution in [-0.4, -0.2) is 19.3 Å². The fourth-order valence-corrected chi connectivity index (χ4v) is 5.38. The summed E-state index contributed by atoms with van der Waals surface area (Å²) in [6.45, 7) is 0. The number of amides is 1. The number of sulfone groups is 1. The number of hydrogen-bond acceptors (Lipinski definition) is 6. The molecule has 6 nitrogen and oxygen atoms in total. The molecule has 0 atom stereocenters. The molecule has 0 aliphatic carbocycles. The Kier molecular flexibility index (Phi) is 5.08. The lowest BCUT2D eigenvalue weighted by Gasteiger charge is -2.05. The number of carbonyl (C=O) groups is 1. The summed E-state index contributed by atoms with van der Waals surface area (Å²) in [6.07, 6.45) is 0. The van der Waals surface area contributed by atoms with Crippen LogP contribution in [0.4, 0.5) is 5.69 Å². The van der Waals surface area contributed by atoms with E-state index in [-0.39, 0.29) is 15.7 Å². The largest absolute Gasteiger partial charge is 0.439 e. The van der Waals surface area contributed by atoms with E-state index in [1.165, 1.54) is 24.3 Å². The molecule has 5 aromatic rings. The lowest BCUT2D eigenvalue weighted by molar-refractivity contribution is 0.0991. The Morgan fingerprint density at radius 3 is 2.47 bits per heavy atom. The van der Waals surface area contributed by atoms with Gasteiger partial charge in [-0.1, -0.05) is 42.5 Å². The van der Waals surface area contributed by atoms with Crippen molar-refractivity contribution in [3.05, 3.63) is 96.8 Å². The van der Waals surface area contributed by atoms with Gasteiger partial charge in [-0.05, 0) is 48.5 Å². The van der Waals surface area contributed by atoms with Gasteiger partial charge in [-0.15, -0.1) is 11.3 Å². The highest BCUT2D eigenvalue weighted by Crippen LogP contribution is 2.31. The van der Waals surface area contributed by atoms with E-state index in [4.69, 9.17) is 4.42 Å². The van der Waals surface area contributed by atoms with Crippen molar-refractivity contribution < 1.29 is 17.6 Å². The van der Waals surface area contributed by atoms with Crippen molar-refractivity contribution in [1.82, 2.24) is 4.98 Å². The van der Waals surface area contributed by atoms with E-state index in [9.17, 15) is 13.2 Å². The Morgan fingerprint density at radius 1 is 0.875 bits per heavy atom. The highest BCUT2D eigenvalue weighted by molar-refractivity contribution is 7.91. The second-order valence-corrected chi connectivity index (χ2v) is 9.87. The summed E-state index contributed by atoms with van der Waals surface area (Å²) >= 11 is 1.57. The van der Waals surface area contributed by atoms with E-state index in [0.717, 1.165) is 20.8 Å². The number of thiazole rings is 1. The predicted octanol–water partition coefficient (Wildman–Crippen LogP) is 5.64. The molecular formula is C24H16N2O4S2. The molecule has 0 unspecified atom stereocenters. The van der Waals surface area contributed by atoms with E-state index >= 15 is 0 Å². The Bertz CT molecular complexity index is 1500. The highest BCUT2D eigenvalue weighted by Gasteiger charge is 2.23. The zero-order chi connectivity index (χ0) is 22.1. The first-order valence-electron chi connectivity index (χ1n) is 9.68. The predicted molar refractivity (Wildman–Crippen MR) is 124 cm³/mol. The standard InChI is InChI=1S/C24H16N2O4S2/c27-23(20-13-14-22(30-20)32(28,29)18-9-2-1-3-10-18)25-17-8-6-7-16(15-17)24-26-19-11-4-5-12-21(19)31-24/h1-15H,(H,25,27). The van der Waals surface area contributed by atoms with Crippen molar-refractivity contribution in [1.29, 1.82) is 0 Å². The monoisotopic (exact) mass is 460 g/mol. The number of para-hydroxylation sites is 1. The average molecular weight is 461 g/mol. The van der Waals surface area contributed by atoms with E-state index in [0.29, 0.717) is 5.69 Å². The van der Waals surface area contributed by atoms with Crippen molar-refractivity contribution in [3.63, 3.8) is 0 Å². The molecule has 0 saturated carbocycles. The average Bonchev–Trinajstić information content (AvgIpc) is 3.48. The van der Waals surface area contributed by atoms with Gasteiger partial charge < -0.3 is 9.73 Å². The fourth-order valence-electron chi connectivity index (χ4n) is 3.22. The summed E-state index contributed by atoms with van der Waals surface area (Å²) in [5, 5.41) is 3.32. The van der Waals surface area contributed by atoms with Gasteiger partial charge in [0, 0.05) is 11.3 Å². The van der Waals surface area contributed by atoms with Gasteiger partial charge >= 0.3 is 0 Å². The van der Waals surface area contributed by atoms with E-state index < -0.39 is 15.7 Å². The van der Waals surface area contributed by atoms with Crippen molar-refractivity contribution in [2.75, 3.05) is 5.32 Å². The number of rotatable bonds is 5. The van der Waals surface area contributed by atoms with Crippen LogP contribution in [-0.2, 0) is 9.84 Å². The molecule has 1 N–H and O–H groups in total. The number of carbonyl (C=O) groups excluding carboxylic acids is 1. The zero-order valence-electron chi connectivity index (χ0n) is 16.6. The van der Waals surface area contributed by atoms with Crippen LogP contribution in [0.1, 0.15) is 10.6 Å². The summed E-state index contributed by atoms with van der Waals surface area (Å²) in [4.78, 5) is 17.4. The van der Waals surface area contributed by atoms with Crippen molar-refractivity contribution in [2.24, 2.45) is 0 Å². The Labute approximate surface area is 188 Å². The van der Waals surface area contributed by atoms with Gasteiger partial charge in [-0.2, -0.15) is 0 Å². The number of nitrogens with one attached hydrogen (secondary N) is 1. The van der Waals surface area contributed by atoms with Gasteiger partial charge in [0.15, 0.2) is 5.76 Å². The molecule has 2 aromatic heterocycles. The van der Waals surface area contributed by atoms with E-state index in [1.54, 1.807) is 35.6 Å². The Balaban J connectivity index is 1.37. The maximum absolute atomic E-state index is 12.7. The lowest BCUT2D eigenvalue weighted by Crippen LogP contribution is -2.11. The van der Waals surface area contributed by atoms with Crippen molar-refractivity contribution in [2.45, 2.75) is 9.99 Å². The van der Waals surface area contributed by atoms with E-state index in [2.05, 4.69) is 10.3 Å². The molecule has 2 heterocycles. The third-order valence-electron chi connectivity index (χ3n) is 4.78. The molecule has 0 saturated heterocycles. The highest BCUT2D eigenvalue weighted by atomic mass is 32.2. The van der Waals surface area contributed by atoms with Crippen LogP contribution in [0.2, 0.25) is 0 Å². The minimum absolute atomic E-state index is 0.0927. The summed E-state index contributed by atoms with van der Waals surface area (Å²) in [5.74, 6) is -0.633. The Morgan fingerprint density at radius 2 is 1.66 bits per heavy atom. The topological polar surface area (TPSA) is 89.3 Å². The zero-order valence-corrected chi connectivity index (χ0v) is 18.2. The van der Waals surface area contributed by atoms with Gasteiger partial charge in [-0.25, -0.2) is 13.4 Å². The fraction of sp³-hybridized carbons (Fsp3) is 0. The molecule has 5 rings (SSSR count). The van der Waals surface area contributed by atoms with Crippen LogP contribution < -0.4 is 5.32 Å². The number of nitrogens with zero attached hydrogens (tertiary/aromatic N) is 1. The van der Waals surface area contributed by atoms with Crippen molar-refractivity contribution in [3.8, 4) is 10.6 Å². The normalized spacial score (nSPS) is 11.5. The second kappa shape index (κ2) is 8.07. The quantitative estimate of drug-likeness (QED) is 0.367. The molecule has 0 spiro atoms. The first-order valence-corrected chi connectivity index (χ1v) is 12.0. The smallest absolute Gasteiger partial charge is 0.291 e. The minimum Gasteiger partial charge on any atom is -0.439 e. The number of fused-ring (bicyclic) bond motifs is 1. The van der Waals surface area contributed by atoms with Crippen LogP contribution in [0.5, 0.6) is 0 Å². The summed E-state index contributed by atoms with van der Waals surface area (Å²) in [5.41, 5.74) is 2.34. The molecule has 1 amide bonds. The SMILES string of the molecule is O=C(Nc1cccc(-c2nc3ccccc3s2)c1)c1ccc(S(=O)(=O)c2ccccc2)o1. The first-order chi connectivity index (χ1) is 15.5. The number of furan rings is 1. The third-order valence-corrected chi connectivity index (χ3v) is 7.51. The molecule has 0 aliphatic rings. The number of hydrogen-bond donors (Lipinski definition) is 1. The summed E-state index contributed by atoms with van der Waals surface area (Å²) < 4.78 is 31.8. The molecule has 0 fully saturated rings. The van der Waals surface area contributed by atoms with Crippen LogP contribution in [0, 0.1) is 0 Å². The molecular weight excluding hydrogens is 444 g/mol. The molecule has 32 heavy (non-hydrogen) atoms. The van der Waals surface area contributed by atoms with E-state index in [1.807, 2.05) is 42.5 Å². The molecule has 0 bridgehead atoms. The molecule has 3 aromatic carbocycles. The summed E-state index contributed by atoms with van der Waals surface area (Å²) in [7, 11) is -3.83. The summed E-state index contributed by atoms with van der Waals surface area (Å²) in [6, 6.07) is 25.8. The van der Waals surface area contributed by atoms with Crippen LogP contribution in [0.25, 0.3) is 20.8 Å².